The molecule has 4 aliphatic rings. The van der Waals surface area contributed by atoms with E-state index < -0.39 is 11.5 Å². The number of aromatic nitrogens is 1. The molecule has 4 aromatic rings. The molecule has 54 heavy (non-hydrogen) atoms. The summed E-state index contributed by atoms with van der Waals surface area (Å²) in [6.07, 6.45) is 5.08. The second kappa shape index (κ2) is 16.8. The minimum Gasteiger partial charge on any atom is -0.506 e. The molecular formula is C43H52N4O7. The number of aryl methyl sites for hydroxylation is 1. The van der Waals surface area contributed by atoms with Crippen molar-refractivity contribution in [3.8, 4) is 11.5 Å². The monoisotopic (exact) mass is 736 g/mol. The molecule has 0 unspecified atom stereocenters. The summed E-state index contributed by atoms with van der Waals surface area (Å²) in [6, 6.07) is 21.7. The Morgan fingerprint density at radius 1 is 0.963 bits per heavy atom. The summed E-state index contributed by atoms with van der Waals surface area (Å²) in [5.41, 5.74) is 2.37. The van der Waals surface area contributed by atoms with Gasteiger partial charge in [0, 0.05) is 43.2 Å². The number of carbonyl (C=O) groups is 2. The molecule has 11 heteroatoms. The van der Waals surface area contributed by atoms with Crippen molar-refractivity contribution in [2.75, 3.05) is 52.4 Å². The van der Waals surface area contributed by atoms with E-state index in [-0.39, 0.29) is 29.3 Å². The van der Waals surface area contributed by atoms with Gasteiger partial charge in [0.05, 0.1) is 23.6 Å². The van der Waals surface area contributed by atoms with E-state index in [1.165, 1.54) is 12.1 Å². The van der Waals surface area contributed by atoms with Gasteiger partial charge in [0.2, 0.25) is 5.56 Å². The smallest absolute Gasteiger partial charge is 0.317 e. The molecule has 5 heterocycles. The lowest BCUT2D eigenvalue weighted by Crippen LogP contribution is -2.55. The number of amides is 1. The maximum Gasteiger partial charge on any atom is 0.317 e. The predicted molar refractivity (Wildman–Crippen MR) is 207 cm³/mol. The van der Waals surface area contributed by atoms with Crippen LogP contribution in [0.2, 0.25) is 0 Å². The Balaban J connectivity index is 0.852. The van der Waals surface area contributed by atoms with E-state index in [2.05, 4.69) is 15.2 Å². The minimum absolute atomic E-state index is 0.0306. The third-order valence-corrected chi connectivity index (χ3v) is 11.8. The maximum absolute atomic E-state index is 14.0. The Bertz CT molecular complexity index is 1980. The second-order valence-electron chi connectivity index (χ2n) is 15.2. The van der Waals surface area contributed by atoms with E-state index >= 15 is 0 Å². The molecule has 8 rings (SSSR count). The van der Waals surface area contributed by atoms with Gasteiger partial charge in [0.1, 0.15) is 17.6 Å². The molecule has 0 spiro atoms. The molecule has 2 atom stereocenters. The second-order valence-corrected chi connectivity index (χ2v) is 15.2. The van der Waals surface area contributed by atoms with E-state index in [4.69, 9.17) is 9.47 Å². The van der Waals surface area contributed by atoms with Crippen LogP contribution in [-0.4, -0.2) is 95.4 Å². The fourth-order valence-electron chi connectivity index (χ4n) is 8.49. The highest BCUT2D eigenvalue weighted by Gasteiger charge is 2.47. The molecule has 0 radical (unpaired) electrons. The van der Waals surface area contributed by atoms with Gasteiger partial charge in [0.25, 0.3) is 5.91 Å². The summed E-state index contributed by atoms with van der Waals surface area (Å²) in [6.45, 7) is 7.54. The molecule has 1 amide bonds. The highest BCUT2D eigenvalue weighted by Crippen LogP contribution is 2.40. The molecule has 286 valence electrons. The van der Waals surface area contributed by atoms with Gasteiger partial charge in [-0.2, -0.15) is 0 Å². The molecule has 4 saturated heterocycles. The lowest BCUT2D eigenvalue weighted by Gasteiger charge is -2.46. The van der Waals surface area contributed by atoms with E-state index in [0.717, 1.165) is 75.2 Å². The van der Waals surface area contributed by atoms with Crippen LogP contribution >= 0.6 is 0 Å². The number of nitrogens with one attached hydrogen (secondary N) is 2. The van der Waals surface area contributed by atoms with E-state index in [1.54, 1.807) is 12.1 Å². The van der Waals surface area contributed by atoms with Crippen LogP contribution in [0.25, 0.3) is 10.9 Å². The van der Waals surface area contributed by atoms with Crippen molar-refractivity contribution in [2.24, 2.45) is 5.92 Å². The molecule has 3 aromatic carbocycles. The quantitative estimate of drug-likeness (QED) is 0.101. The number of carbonyl (C=O) groups excluding carboxylic acids is 2. The van der Waals surface area contributed by atoms with Crippen LogP contribution in [0.1, 0.15) is 78.1 Å². The molecule has 11 nitrogen and oxygen atoms in total. The van der Waals surface area contributed by atoms with Crippen molar-refractivity contribution in [2.45, 2.75) is 69.5 Å². The number of phenols is 1. The molecule has 4 aliphatic heterocycles. The molecule has 0 aliphatic carbocycles. The largest absolute Gasteiger partial charge is 0.506 e. The molecule has 0 saturated carbocycles. The third kappa shape index (κ3) is 8.18. The van der Waals surface area contributed by atoms with Gasteiger partial charge < -0.3 is 34.9 Å². The Morgan fingerprint density at radius 2 is 1.74 bits per heavy atom. The number of unbranched alkanes of at least 4 members (excludes halogenated alkanes) is 2. The number of fused-ring (bicyclic) bond motifs is 4. The van der Waals surface area contributed by atoms with Crippen LogP contribution in [-0.2, 0) is 14.9 Å². The van der Waals surface area contributed by atoms with Crippen molar-refractivity contribution >= 4 is 22.8 Å². The van der Waals surface area contributed by atoms with Crippen LogP contribution in [0.15, 0.2) is 77.6 Å². The first-order valence-corrected chi connectivity index (χ1v) is 19.5. The molecule has 2 bridgehead atoms. The minimum atomic E-state index is -0.790. The van der Waals surface area contributed by atoms with Gasteiger partial charge in [-0.25, -0.2) is 0 Å². The van der Waals surface area contributed by atoms with Crippen molar-refractivity contribution in [1.82, 2.24) is 20.1 Å². The molecule has 1 aromatic heterocycles. The van der Waals surface area contributed by atoms with Crippen LogP contribution in [0, 0.1) is 12.8 Å². The van der Waals surface area contributed by atoms with Crippen LogP contribution in [0.3, 0.4) is 0 Å². The first-order chi connectivity index (χ1) is 26.2. The molecule has 4 fully saturated rings. The van der Waals surface area contributed by atoms with Crippen molar-refractivity contribution in [3.63, 3.8) is 0 Å². The Kier molecular flexibility index (Phi) is 11.7. The maximum atomic E-state index is 14.0. The number of likely N-dealkylation sites (tertiary alicyclic amines) is 1. The number of aliphatic hydroxyl groups excluding tert-OH is 1. The van der Waals surface area contributed by atoms with Crippen LogP contribution in [0.4, 0.5) is 0 Å². The number of aromatic amines is 1. The Labute approximate surface area is 316 Å². The number of pyridine rings is 1. The fourth-order valence-corrected chi connectivity index (χ4v) is 8.49. The lowest BCUT2D eigenvalue weighted by molar-refractivity contribution is -0.167. The summed E-state index contributed by atoms with van der Waals surface area (Å²) in [7, 11) is 0. The number of phenolic OH excluding ortho intramolecular Hbond substituents is 1. The number of hydrogen-bond acceptors (Lipinski definition) is 9. The van der Waals surface area contributed by atoms with Crippen molar-refractivity contribution in [3.05, 3.63) is 105 Å². The van der Waals surface area contributed by atoms with Gasteiger partial charge in [-0.15, -0.1) is 0 Å². The number of piperidine rings is 4. The number of rotatable bonds is 14. The van der Waals surface area contributed by atoms with Crippen molar-refractivity contribution < 1.29 is 29.3 Å². The Hall–Kier alpha value is -4.71. The number of ether oxygens (including phenoxy) is 2. The van der Waals surface area contributed by atoms with Gasteiger partial charge in [-0.1, -0.05) is 36.4 Å². The number of hydrogen-bond donors (Lipinski definition) is 4. The average molecular weight is 737 g/mol. The highest BCUT2D eigenvalue weighted by atomic mass is 16.5. The zero-order chi connectivity index (χ0) is 37.7. The first-order valence-electron chi connectivity index (χ1n) is 19.5. The number of aliphatic hydroxyl groups is 1. The molecule has 4 N–H and O–H groups in total. The Morgan fingerprint density at radius 3 is 2.46 bits per heavy atom. The highest BCUT2D eigenvalue weighted by molar-refractivity contribution is 5.95. The SMILES string of the molecule is Cc1cc(C(=O)N2CCC(C(=O)O[C@H]3CN4CCC3CC4)(c3ccccc3)CC2)ccc1OCCCCCNC[C@H](O)c1ccc(O)c2[nH]c(=O)ccc12. The summed E-state index contributed by atoms with van der Waals surface area (Å²) in [5.74, 6) is 0.981. The first kappa shape index (κ1) is 37.6. The van der Waals surface area contributed by atoms with Crippen LogP contribution in [0.5, 0.6) is 11.5 Å². The summed E-state index contributed by atoms with van der Waals surface area (Å²) >= 11 is 0. The van der Waals surface area contributed by atoms with E-state index in [1.807, 2.05) is 60.4 Å². The zero-order valence-corrected chi connectivity index (χ0v) is 31.1. The number of benzene rings is 3. The summed E-state index contributed by atoms with van der Waals surface area (Å²) < 4.78 is 12.4. The standard InChI is InChI=1S/C43H52N4O7/c1-29-26-31(10-14-37(29)53-25-7-3-6-20-44-27-36(49)33-11-13-35(48)40-34(33)12-15-39(50)45-40)41(51)47-23-18-43(19-24-47,32-8-4-2-5-9-32)42(52)54-38-28-46-21-16-30(38)17-22-46/h2,4-5,8-15,26,30,36,38,44,48-49H,3,6-7,16-25,27-28H2,1H3,(H,45,50)/t36-,38-/m0/s1. The summed E-state index contributed by atoms with van der Waals surface area (Å²) in [4.78, 5) is 46.3. The van der Waals surface area contributed by atoms with Gasteiger partial charge >= 0.3 is 5.97 Å². The van der Waals surface area contributed by atoms with Gasteiger partial charge in [0.15, 0.2) is 0 Å². The molecular weight excluding hydrogens is 684 g/mol. The normalized spacial score (nSPS) is 21.1. The number of H-pyrrole nitrogens is 1. The number of aromatic hydroxyl groups is 1. The zero-order valence-electron chi connectivity index (χ0n) is 31.1. The number of nitrogens with zero attached hydrogens (tertiary/aromatic N) is 2. The third-order valence-electron chi connectivity index (χ3n) is 11.8. The average Bonchev–Trinajstić information content (AvgIpc) is 3.20. The predicted octanol–water partition coefficient (Wildman–Crippen LogP) is 5.23. The summed E-state index contributed by atoms with van der Waals surface area (Å²) in [5, 5.41) is 24.7. The van der Waals surface area contributed by atoms with Crippen molar-refractivity contribution in [1.29, 1.82) is 0 Å². The van der Waals surface area contributed by atoms with E-state index in [0.29, 0.717) is 67.0 Å². The van der Waals surface area contributed by atoms with Gasteiger partial charge in [-0.05, 0) is 124 Å². The van der Waals surface area contributed by atoms with Crippen LogP contribution < -0.4 is 15.6 Å². The van der Waals surface area contributed by atoms with E-state index in [9.17, 15) is 24.6 Å². The van der Waals surface area contributed by atoms with Gasteiger partial charge in [-0.3, -0.25) is 19.3 Å². The topological polar surface area (TPSA) is 144 Å². The fraction of sp³-hybridized carbons (Fsp3) is 0.465. The lowest BCUT2D eigenvalue weighted by atomic mass is 9.72. The number of esters is 1.